The van der Waals surface area contributed by atoms with E-state index < -0.39 is 11.5 Å². The summed E-state index contributed by atoms with van der Waals surface area (Å²) in [6.07, 6.45) is 3.28. The number of nitrogens with one attached hydrogen (secondary N) is 2. The molecule has 2 N–H and O–H groups in total. The Hall–Kier alpha value is -3.94. The average molecular weight is 402 g/mol. The molecular weight excluding hydrogens is 384 g/mol. The number of amides is 2. The van der Waals surface area contributed by atoms with Gasteiger partial charge in [-0.05, 0) is 37.1 Å². The Bertz CT molecular complexity index is 1350. The van der Waals surface area contributed by atoms with Crippen LogP contribution < -0.4 is 16.2 Å². The number of aromatic nitrogens is 2. The van der Waals surface area contributed by atoms with Crippen LogP contribution in [0.4, 0.5) is 5.69 Å². The highest BCUT2D eigenvalue weighted by Crippen LogP contribution is 2.24. The van der Waals surface area contributed by atoms with Crippen LogP contribution in [-0.4, -0.2) is 27.4 Å². The van der Waals surface area contributed by atoms with Crippen LogP contribution >= 0.6 is 0 Å². The first-order valence-corrected chi connectivity index (χ1v) is 9.66. The fourth-order valence-corrected chi connectivity index (χ4v) is 3.35. The number of hydrogen-bond acceptors (Lipinski definition) is 5. The lowest BCUT2D eigenvalue weighted by atomic mass is 10.1. The molecule has 1 aliphatic rings. The fraction of sp³-hybridized carbons (Fsp3) is 0.182. The lowest BCUT2D eigenvalue weighted by molar-refractivity contribution is -0.116. The summed E-state index contributed by atoms with van der Waals surface area (Å²) < 4.78 is 6.82. The molecule has 5 rings (SSSR count). The van der Waals surface area contributed by atoms with Crippen molar-refractivity contribution >= 4 is 39.6 Å². The Morgan fingerprint density at radius 1 is 1.10 bits per heavy atom. The molecule has 2 aromatic heterocycles. The number of fused-ring (bicyclic) bond motifs is 3. The van der Waals surface area contributed by atoms with Crippen LogP contribution in [0.5, 0.6) is 0 Å². The Labute approximate surface area is 170 Å². The normalized spacial score (nSPS) is 13.5. The molecule has 2 amide bonds. The molecule has 0 atom stereocenters. The van der Waals surface area contributed by atoms with E-state index in [-0.39, 0.29) is 24.1 Å². The standard InChI is InChI=1S/C22H18N4O4/c27-18(25-16-7-3-1-5-14(16)21(28)24-13-9-10-13)11-26-12-23-19-15-6-2-4-8-17(15)30-20(19)22(26)29/h1-8,12-13H,9-11H2,(H,24,28)(H,25,27). The molecule has 8 nitrogen and oxygen atoms in total. The molecular formula is C22H18N4O4. The molecule has 0 radical (unpaired) electrons. The van der Waals surface area contributed by atoms with E-state index in [2.05, 4.69) is 15.6 Å². The first kappa shape index (κ1) is 18.1. The van der Waals surface area contributed by atoms with Gasteiger partial charge in [0.25, 0.3) is 11.5 Å². The summed E-state index contributed by atoms with van der Waals surface area (Å²) >= 11 is 0. The van der Waals surface area contributed by atoms with Crippen molar-refractivity contribution < 1.29 is 14.0 Å². The van der Waals surface area contributed by atoms with E-state index in [4.69, 9.17) is 4.42 Å². The first-order chi connectivity index (χ1) is 14.6. The monoisotopic (exact) mass is 402 g/mol. The van der Waals surface area contributed by atoms with Crippen LogP contribution in [0.2, 0.25) is 0 Å². The van der Waals surface area contributed by atoms with Crippen molar-refractivity contribution in [3.63, 3.8) is 0 Å². The summed E-state index contributed by atoms with van der Waals surface area (Å²) in [5, 5.41) is 6.37. The highest BCUT2D eigenvalue weighted by molar-refractivity contribution is 6.04. The third-order valence-electron chi connectivity index (χ3n) is 5.02. The van der Waals surface area contributed by atoms with E-state index in [1.807, 2.05) is 18.2 Å². The third-order valence-corrected chi connectivity index (χ3v) is 5.02. The van der Waals surface area contributed by atoms with Crippen LogP contribution in [0.15, 0.2) is 64.1 Å². The van der Waals surface area contributed by atoms with Crippen molar-refractivity contribution in [2.75, 3.05) is 5.32 Å². The largest absolute Gasteiger partial charge is 0.448 e. The van der Waals surface area contributed by atoms with Crippen LogP contribution in [0, 0.1) is 0 Å². The zero-order valence-corrected chi connectivity index (χ0v) is 15.9. The maximum atomic E-state index is 12.8. The van der Waals surface area contributed by atoms with Gasteiger partial charge in [0.05, 0.1) is 17.6 Å². The number of nitrogens with zero attached hydrogens (tertiary/aromatic N) is 2. The SMILES string of the molecule is O=C(Cn1cnc2c(oc3ccccc32)c1=O)Nc1ccccc1C(=O)NC1CC1. The van der Waals surface area contributed by atoms with Crippen molar-refractivity contribution in [2.24, 2.45) is 0 Å². The maximum absolute atomic E-state index is 12.8. The number of furan rings is 1. The quantitative estimate of drug-likeness (QED) is 0.534. The van der Waals surface area contributed by atoms with E-state index in [0.717, 1.165) is 18.2 Å². The number of rotatable bonds is 5. The van der Waals surface area contributed by atoms with E-state index in [9.17, 15) is 14.4 Å². The van der Waals surface area contributed by atoms with Crippen LogP contribution in [0.3, 0.4) is 0 Å². The number of benzene rings is 2. The predicted octanol–water partition coefficient (Wildman–Crippen LogP) is 2.67. The average Bonchev–Trinajstić information content (AvgIpc) is 3.48. The Morgan fingerprint density at radius 3 is 2.70 bits per heavy atom. The van der Waals surface area contributed by atoms with Gasteiger partial charge in [0, 0.05) is 11.4 Å². The van der Waals surface area contributed by atoms with Gasteiger partial charge in [-0.15, -0.1) is 0 Å². The minimum absolute atomic E-state index is 0.107. The number of anilines is 1. The molecule has 1 fully saturated rings. The molecule has 0 aliphatic heterocycles. The molecule has 1 saturated carbocycles. The van der Waals surface area contributed by atoms with Crippen molar-refractivity contribution in [2.45, 2.75) is 25.4 Å². The summed E-state index contributed by atoms with van der Waals surface area (Å²) in [5.74, 6) is -0.669. The Balaban J connectivity index is 1.39. The molecule has 0 unspecified atom stereocenters. The van der Waals surface area contributed by atoms with Crippen molar-refractivity contribution in [3.05, 3.63) is 70.8 Å². The maximum Gasteiger partial charge on any atom is 0.297 e. The minimum atomic E-state index is -0.443. The van der Waals surface area contributed by atoms with Crippen molar-refractivity contribution in [1.82, 2.24) is 14.9 Å². The van der Waals surface area contributed by atoms with E-state index in [1.165, 1.54) is 10.9 Å². The smallest absolute Gasteiger partial charge is 0.297 e. The number of carbonyl (C=O) groups is 2. The van der Waals surface area contributed by atoms with Gasteiger partial charge in [0.1, 0.15) is 17.6 Å². The molecule has 0 saturated heterocycles. The second kappa shape index (κ2) is 7.14. The van der Waals surface area contributed by atoms with E-state index in [1.54, 1.807) is 30.3 Å². The highest BCUT2D eigenvalue weighted by atomic mass is 16.3. The van der Waals surface area contributed by atoms with Gasteiger partial charge in [-0.1, -0.05) is 24.3 Å². The summed E-state index contributed by atoms with van der Waals surface area (Å²) in [5.41, 5.74) is 1.48. The molecule has 1 aliphatic carbocycles. The lowest BCUT2D eigenvalue weighted by Gasteiger charge is -2.11. The van der Waals surface area contributed by atoms with E-state index in [0.29, 0.717) is 22.4 Å². The summed E-state index contributed by atoms with van der Waals surface area (Å²) in [7, 11) is 0. The molecule has 0 bridgehead atoms. The number of hydrogen-bond donors (Lipinski definition) is 2. The third kappa shape index (κ3) is 3.32. The zero-order valence-electron chi connectivity index (χ0n) is 15.9. The summed E-state index contributed by atoms with van der Waals surface area (Å²) in [6, 6.07) is 14.2. The van der Waals surface area contributed by atoms with Gasteiger partial charge in [0.2, 0.25) is 11.5 Å². The first-order valence-electron chi connectivity index (χ1n) is 9.66. The van der Waals surface area contributed by atoms with Gasteiger partial charge in [0.15, 0.2) is 0 Å². The molecule has 150 valence electrons. The fourth-order valence-electron chi connectivity index (χ4n) is 3.35. The van der Waals surface area contributed by atoms with Gasteiger partial charge < -0.3 is 15.1 Å². The van der Waals surface area contributed by atoms with Crippen LogP contribution in [0.25, 0.3) is 22.1 Å². The number of para-hydroxylation sites is 2. The lowest BCUT2D eigenvalue weighted by Crippen LogP contribution is -2.29. The topological polar surface area (TPSA) is 106 Å². The molecule has 8 heteroatoms. The molecule has 2 heterocycles. The van der Waals surface area contributed by atoms with Crippen molar-refractivity contribution in [3.8, 4) is 0 Å². The highest BCUT2D eigenvalue weighted by Gasteiger charge is 2.25. The summed E-state index contributed by atoms with van der Waals surface area (Å²) in [6.45, 7) is -0.253. The van der Waals surface area contributed by atoms with Gasteiger partial charge in [-0.25, -0.2) is 4.98 Å². The van der Waals surface area contributed by atoms with Gasteiger partial charge in [-0.2, -0.15) is 0 Å². The Morgan fingerprint density at radius 2 is 1.87 bits per heavy atom. The predicted molar refractivity (Wildman–Crippen MR) is 111 cm³/mol. The minimum Gasteiger partial charge on any atom is -0.448 e. The van der Waals surface area contributed by atoms with Crippen molar-refractivity contribution in [1.29, 1.82) is 0 Å². The zero-order chi connectivity index (χ0) is 20.7. The van der Waals surface area contributed by atoms with Crippen LogP contribution in [0.1, 0.15) is 23.2 Å². The molecule has 0 spiro atoms. The number of carbonyl (C=O) groups excluding carboxylic acids is 2. The molecule has 2 aromatic carbocycles. The van der Waals surface area contributed by atoms with Gasteiger partial charge >= 0.3 is 0 Å². The second-order valence-electron chi connectivity index (χ2n) is 7.30. The van der Waals surface area contributed by atoms with E-state index >= 15 is 0 Å². The summed E-state index contributed by atoms with van der Waals surface area (Å²) in [4.78, 5) is 42.1. The van der Waals surface area contributed by atoms with Crippen LogP contribution in [-0.2, 0) is 11.3 Å². The molecule has 4 aromatic rings. The van der Waals surface area contributed by atoms with Gasteiger partial charge in [-0.3, -0.25) is 19.0 Å². The second-order valence-corrected chi connectivity index (χ2v) is 7.30. The Kier molecular flexibility index (Phi) is 4.31. The molecule has 30 heavy (non-hydrogen) atoms.